The Balaban J connectivity index is 2.89. The average Bonchev–Trinajstić information content (AvgIpc) is 2.37. The third-order valence-corrected chi connectivity index (χ3v) is 3.39. The fourth-order valence-electron chi connectivity index (χ4n) is 1.74. The number of carbonyl (C=O) groups is 1. The molecule has 1 aromatic rings. The molecule has 0 saturated carbocycles. The summed E-state index contributed by atoms with van der Waals surface area (Å²) in [6.07, 6.45) is 0.856. The van der Waals surface area contributed by atoms with E-state index in [0.717, 1.165) is 13.0 Å². The van der Waals surface area contributed by atoms with E-state index in [1.54, 1.807) is 17.0 Å². The minimum Gasteiger partial charge on any atom is -0.337 e. The van der Waals surface area contributed by atoms with Crippen molar-refractivity contribution in [2.75, 3.05) is 33.7 Å². The Hall–Kier alpha value is -0.940. The van der Waals surface area contributed by atoms with Crippen LogP contribution in [0.1, 0.15) is 23.7 Å². The minimum absolute atomic E-state index is 0.126. The topological polar surface area (TPSA) is 23.6 Å². The van der Waals surface area contributed by atoms with Gasteiger partial charge in [0.2, 0.25) is 0 Å². The van der Waals surface area contributed by atoms with Gasteiger partial charge in [0.15, 0.2) is 0 Å². The van der Waals surface area contributed by atoms with Crippen molar-refractivity contribution in [3.8, 4) is 0 Å². The number of amides is 1. The van der Waals surface area contributed by atoms with Crippen LogP contribution < -0.4 is 0 Å². The van der Waals surface area contributed by atoms with Crippen LogP contribution in [-0.4, -0.2) is 49.4 Å². The Labute approximate surface area is 122 Å². The highest BCUT2D eigenvalue weighted by atomic mass is 79.9. The van der Waals surface area contributed by atoms with Gasteiger partial charge in [-0.15, -0.1) is 0 Å². The van der Waals surface area contributed by atoms with Gasteiger partial charge in [0.1, 0.15) is 5.82 Å². The summed E-state index contributed by atoms with van der Waals surface area (Å²) in [6.45, 7) is 4.01. The molecule has 0 spiro atoms. The number of hydrogen-bond donors (Lipinski definition) is 0. The molecule has 3 nitrogen and oxygen atoms in total. The molecule has 1 aromatic carbocycles. The lowest BCUT2D eigenvalue weighted by Gasteiger charge is -2.24. The zero-order valence-electron chi connectivity index (χ0n) is 11.6. The zero-order valence-corrected chi connectivity index (χ0v) is 13.2. The molecule has 0 saturated heterocycles. The first-order valence-corrected chi connectivity index (χ1v) is 7.14. The van der Waals surface area contributed by atoms with Crippen LogP contribution in [0.15, 0.2) is 22.7 Å². The maximum atomic E-state index is 13.9. The van der Waals surface area contributed by atoms with Crippen LogP contribution >= 0.6 is 15.9 Å². The molecule has 106 valence electrons. The quantitative estimate of drug-likeness (QED) is 0.800. The highest BCUT2D eigenvalue weighted by molar-refractivity contribution is 9.10. The Kier molecular flexibility index (Phi) is 6.45. The standard InChI is InChI=1S/C14H20BrFN2O/c1-4-8-18(10-9-17(2)3)14(19)11-6-5-7-12(15)13(11)16/h5-7H,4,8-10H2,1-3H3. The predicted molar refractivity (Wildman–Crippen MR) is 78.8 cm³/mol. The van der Waals surface area contributed by atoms with E-state index >= 15 is 0 Å². The lowest BCUT2D eigenvalue weighted by molar-refractivity contribution is 0.0740. The Morgan fingerprint density at radius 2 is 1.95 bits per heavy atom. The van der Waals surface area contributed by atoms with E-state index < -0.39 is 5.82 Å². The molecule has 0 aliphatic rings. The number of rotatable bonds is 6. The fraction of sp³-hybridized carbons (Fsp3) is 0.500. The molecule has 0 unspecified atom stereocenters. The van der Waals surface area contributed by atoms with Crippen LogP contribution in [0, 0.1) is 5.82 Å². The molecule has 0 aliphatic heterocycles. The highest BCUT2D eigenvalue weighted by Crippen LogP contribution is 2.20. The highest BCUT2D eigenvalue weighted by Gasteiger charge is 2.19. The Bertz CT molecular complexity index is 437. The van der Waals surface area contributed by atoms with Gasteiger partial charge in [-0.2, -0.15) is 0 Å². The third kappa shape index (κ3) is 4.58. The normalized spacial score (nSPS) is 10.8. The zero-order chi connectivity index (χ0) is 14.4. The molecule has 5 heteroatoms. The molecule has 0 radical (unpaired) electrons. The number of carbonyl (C=O) groups excluding carboxylic acids is 1. The third-order valence-electron chi connectivity index (χ3n) is 2.78. The molecule has 0 fully saturated rings. The van der Waals surface area contributed by atoms with E-state index in [2.05, 4.69) is 15.9 Å². The van der Waals surface area contributed by atoms with Crippen LogP contribution in [0.4, 0.5) is 4.39 Å². The summed E-state index contributed by atoms with van der Waals surface area (Å²) in [5.41, 5.74) is 0.126. The number of benzene rings is 1. The van der Waals surface area contributed by atoms with Gasteiger partial charge >= 0.3 is 0 Å². The van der Waals surface area contributed by atoms with Crippen LogP contribution in [0.2, 0.25) is 0 Å². The van der Waals surface area contributed by atoms with Crippen LogP contribution in [-0.2, 0) is 0 Å². The van der Waals surface area contributed by atoms with E-state index in [0.29, 0.717) is 17.6 Å². The molecule has 1 rings (SSSR count). The monoisotopic (exact) mass is 330 g/mol. The Morgan fingerprint density at radius 1 is 1.26 bits per heavy atom. The summed E-state index contributed by atoms with van der Waals surface area (Å²) < 4.78 is 14.3. The summed E-state index contributed by atoms with van der Waals surface area (Å²) in [5.74, 6) is -0.735. The second-order valence-electron chi connectivity index (χ2n) is 4.70. The molecule has 19 heavy (non-hydrogen) atoms. The van der Waals surface area contributed by atoms with E-state index in [9.17, 15) is 9.18 Å². The van der Waals surface area contributed by atoms with Crippen molar-refractivity contribution in [2.24, 2.45) is 0 Å². The second kappa shape index (κ2) is 7.60. The summed E-state index contributed by atoms with van der Waals surface area (Å²) in [4.78, 5) is 16.1. The van der Waals surface area contributed by atoms with Gasteiger partial charge in [0, 0.05) is 19.6 Å². The molecule has 1 amide bonds. The molecule has 0 bridgehead atoms. The molecule has 0 N–H and O–H groups in total. The Morgan fingerprint density at radius 3 is 2.53 bits per heavy atom. The van der Waals surface area contributed by atoms with E-state index in [1.165, 1.54) is 6.07 Å². The molecular weight excluding hydrogens is 311 g/mol. The molecular formula is C14H20BrFN2O. The van der Waals surface area contributed by atoms with Crippen molar-refractivity contribution >= 4 is 21.8 Å². The number of likely N-dealkylation sites (N-methyl/N-ethyl adjacent to an activating group) is 1. The van der Waals surface area contributed by atoms with E-state index in [1.807, 2.05) is 25.9 Å². The summed E-state index contributed by atoms with van der Waals surface area (Å²) >= 11 is 3.11. The summed E-state index contributed by atoms with van der Waals surface area (Å²) in [5, 5.41) is 0. The molecule has 0 aliphatic carbocycles. The van der Waals surface area contributed by atoms with Crippen molar-refractivity contribution < 1.29 is 9.18 Å². The number of nitrogens with zero attached hydrogens (tertiary/aromatic N) is 2. The first kappa shape index (κ1) is 16.1. The van der Waals surface area contributed by atoms with Crippen LogP contribution in [0.25, 0.3) is 0 Å². The van der Waals surface area contributed by atoms with Gasteiger partial charge < -0.3 is 9.80 Å². The molecule has 0 atom stereocenters. The van der Waals surface area contributed by atoms with E-state index in [4.69, 9.17) is 0 Å². The van der Waals surface area contributed by atoms with Crippen molar-refractivity contribution in [3.05, 3.63) is 34.1 Å². The van der Waals surface area contributed by atoms with Crippen molar-refractivity contribution in [1.29, 1.82) is 0 Å². The fourth-order valence-corrected chi connectivity index (χ4v) is 2.11. The average molecular weight is 331 g/mol. The van der Waals surface area contributed by atoms with Crippen molar-refractivity contribution in [2.45, 2.75) is 13.3 Å². The summed E-state index contributed by atoms with van der Waals surface area (Å²) in [6, 6.07) is 4.80. The minimum atomic E-state index is -0.488. The van der Waals surface area contributed by atoms with Gasteiger partial charge in [0.25, 0.3) is 5.91 Å². The molecule has 0 aromatic heterocycles. The van der Waals surface area contributed by atoms with Gasteiger partial charge in [-0.1, -0.05) is 13.0 Å². The van der Waals surface area contributed by atoms with Gasteiger partial charge in [-0.05, 0) is 48.6 Å². The van der Waals surface area contributed by atoms with Crippen molar-refractivity contribution in [1.82, 2.24) is 9.80 Å². The lowest BCUT2D eigenvalue weighted by Crippen LogP contribution is -2.37. The lowest BCUT2D eigenvalue weighted by atomic mass is 10.2. The second-order valence-corrected chi connectivity index (χ2v) is 5.55. The van der Waals surface area contributed by atoms with Crippen molar-refractivity contribution in [3.63, 3.8) is 0 Å². The summed E-state index contributed by atoms with van der Waals surface area (Å²) in [7, 11) is 3.91. The van der Waals surface area contributed by atoms with Gasteiger partial charge in [-0.3, -0.25) is 4.79 Å². The first-order valence-electron chi connectivity index (χ1n) is 6.35. The van der Waals surface area contributed by atoms with Crippen LogP contribution in [0.5, 0.6) is 0 Å². The first-order chi connectivity index (χ1) is 8.97. The SMILES string of the molecule is CCCN(CCN(C)C)C(=O)c1cccc(Br)c1F. The van der Waals surface area contributed by atoms with E-state index in [-0.39, 0.29) is 11.5 Å². The smallest absolute Gasteiger partial charge is 0.256 e. The number of hydrogen-bond acceptors (Lipinski definition) is 2. The van der Waals surface area contributed by atoms with Gasteiger partial charge in [-0.25, -0.2) is 4.39 Å². The maximum Gasteiger partial charge on any atom is 0.256 e. The predicted octanol–water partition coefficient (Wildman–Crippen LogP) is 3.00. The molecule has 0 heterocycles. The number of halogens is 2. The van der Waals surface area contributed by atoms with Gasteiger partial charge in [0.05, 0.1) is 10.0 Å². The maximum absolute atomic E-state index is 13.9. The van der Waals surface area contributed by atoms with Crippen LogP contribution in [0.3, 0.4) is 0 Å². The largest absolute Gasteiger partial charge is 0.337 e.